The minimum Gasteiger partial charge on any atom is -0.481 e. The highest BCUT2D eigenvalue weighted by Gasteiger charge is 2.29. The molecule has 0 aliphatic carbocycles. The van der Waals surface area contributed by atoms with Crippen LogP contribution in [0.5, 0.6) is 5.75 Å². The second-order valence-electron chi connectivity index (χ2n) is 5.27. The number of benzene rings is 1. The van der Waals surface area contributed by atoms with Crippen molar-refractivity contribution in [2.75, 3.05) is 13.1 Å². The van der Waals surface area contributed by atoms with Crippen LogP contribution in [-0.2, 0) is 9.59 Å². The first kappa shape index (κ1) is 16.9. The molecule has 1 aliphatic rings. The maximum Gasteiger partial charge on any atom is 0.306 e. The molecule has 7 heteroatoms. The summed E-state index contributed by atoms with van der Waals surface area (Å²) in [4.78, 5) is 24.9. The zero-order valence-electron chi connectivity index (χ0n) is 12.1. The molecule has 1 heterocycles. The zero-order chi connectivity index (χ0) is 16.3. The second-order valence-corrected chi connectivity index (χ2v) is 6.09. The molecule has 120 valence electrons. The van der Waals surface area contributed by atoms with E-state index in [-0.39, 0.29) is 11.8 Å². The predicted molar refractivity (Wildman–Crippen MR) is 83.5 cm³/mol. The molecule has 22 heavy (non-hydrogen) atoms. The number of aliphatic carboxylic acids is 1. The molecule has 0 spiro atoms. The minimum atomic E-state index is -0.799. The van der Waals surface area contributed by atoms with Crippen LogP contribution in [0, 0.1) is 5.92 Å². The van der Waals surface area contributed by atoms with Gasteiger partial charge < -0.3 is 14.7 Å². The van der Waals surface area contributed by atoms with Crippen molar-refractivity contribution in [3.63, 3.8) is 0 Å². The van der Waals surface area contributed by atoms with Crippen LogP contribution in [0.4, 0.5) is 0 Å². The fourth-order valence-electron chi connectivity index (χ4n) is 2.41. The number of ether oxygens (including phenoxy) is 1. The highest BCUT2D eigenvalue weighted by molar-refractivity contribution is 6.42. The minimum absolute atomic E-state index is 0.157. The Balaban J connectivity index is 1.92. The van der Waals surface area contributed by atoms with Crippen LogP contribution >= 0.6 is 23.2 Å². The summed E-state index contributed by atoms with van der Waals surface area (Å²) in [7, 11) is 0. The number of nitrogens with zero attached hydrogens (tertiary/aromatic N) is 1. The molecule has 1 atom stereocenters. The molecule has 1 saturated heterocycles. The van der Waals surface area contributed by atoms with Gasteiger partial charge in [-0.1, -0.05) is 23.2 Å². The summed E-state index contributed by atoms with van der Waals surface area (Å²) in [6.07, 6.45) is 0.278. The van der Waals surface area contributed by atoms with Crippen molar-refractivity contribution in [1.82, 2.24) is 4.90 Å². The molecule has 1 amide bonds. The van der Waals surface area contributed by atoms with E-state index >= 15 is 0 Å². The molecule has 0 radical (unpaired) electrons. The Morgan fingerprint density at radius 1 is 1.27 bits per heavy atom. The zero-order valence-corrected chi connectivity index (χ0v) is 13.6. The lowest BCUT2D eigenvalue weighted by molar-refractivity contribution is -0.147. The number of hydrogen-bond donors (Lipinski definition) is 1. The Morgan fingerprint density at radius 2 is 1.91 bits per heavy atom. The van der Waals surface area contributed by atoms with Crippen molar-refractivity contribution in [2.45, 2.75) is 25.9 Å². The van der Waals surface area contributed by atoms with Crippen LogP contribution in [-0.4, -0.2) is 41.1 Å². The molecule has 0 bridgehead atoms. The number of carbonyl (C=O) groups excluding carboxylic acids is 1. The molecule has 1 aromatic rings. The largest absolute Gasteiger partial charge is 0.481 e. The molecule has 1 fully saturated rings. The van der Waals surface area contributed by atoms with Gasteiger partial charge in [0.2, 0.25) is 0 Å². The molecule has 2 rings (SSSR count). The molecule has 5 nitrogen and oxygen atoms in total. The lowest BCUT2D eigenvalue weighted by atomic mass is 9.97. The number of carbonyl (C=O) groups is 2. The maximum absolute atomic E-state index is 12.3. The van der Waals surface area contributed by atoms with Crippen LogP contribution in [0.1, 0.15) is 19.8 Å². The van der Waals surface area contributed by atoms with Crippen LogP contribution in [0.15, 0.2) is 18.2 Å². The Labute approximate surface area is 138 Å². The molecule has 1 N–H and O–H groups in total. The van der Waals surface area contributed by atoms with E-state index in [1.54, 1.807) is 30.0 Å². The van der Waals surface area contributed by atoms with Crippen molar-refractivity contribution in [1.29, 1.82) is 0 Å². The summed E-state index contributed by atoms with van der Waals surface area (Å²) in [6, 6.07) is 4.81. The van der Waals surface area contributed by atoms with E-state index in [4.69, 9.17) is 33.0 Å². The number of piperidine rings is 1. The van der Waals surface area contributed by atoms with E-state index in [0.29, 0.717) is 41.7 Å². The van der Waals surface area contributed by atoms with Gasteiger partial charge in [-0.2, -0.15) is 0 Å². The molecule has 1 unspecified atom stereocenters. The van der Waals surface area contributed by atoms with Gasteiger partial charge in [-0.15, -0.1) is 0 Å². The van der Waals surface area contributed by atoms with Gasteiger partial charge in [-0.3, -0.25) is 9.59 Å². The first-order valence-electron chi connectivity index (χ1n) is 7.01. The van der Waals surface area contributed by atoms with Gasteiger partial charge in [0.15, 0.2) is 6.10 Å². The van der Waals surface area contributed by atoms with Crippen LogP contribution < -0.4 is 4.74 Å². The van der Waals surface area contributed by atoms with Crippen molar-refractivity contribution < 1.29 is 19.4 Å². The highest BCUT2D eigenvalue weighted by atomic mass is 35.5. The Bertz CT molecular complexity index is 571. The summed E-state index contributed by atoms with van der Waals surface area (Å²) in [5.41, 5.74) is 0. The number of halogens is 2. The van der Waals surface area contributed by atoms with Crippen molar-refractivity contribution in [3.05, 3.63) is 28.2 Å². The third-order valence-corrected chi connectivity index (χ3v) is 4.45. The fraction of sp³-hybridized carbons (Fsp3) is 0.467. The fourth-order valence-corrected chi connectivity index (χ4v) is 2.70. The smallest absolute Gasteiger partial charge is 0.306 e. The van der Waals surface area contributed by atoms with Gasteiger partial charge in [-0.25, -0.2) is 0 Å². The SMILES string of the molecule is CC(Oc1ccc(Cl)c(Cl)c1)C(=O)N1CCC(C(=O)O)CC1. The molecular weight excluding hydrogens is 329 g/mol. The molecular formula is C15H17Cl2NO4. The average Bonchev–Trinajstić information content (AvgIpc) is 2.50. The number of likely N-dealkylation sites (tertiary alicyclic amines) is 1. The van der Waals surface area contributed by atoms with Gasteiger partial charge in [0.05, 0.1) is 16.0 Å². The molecule has 0 aromatic heterocycles. The van der Waals surface area contributed by atoms with Crippen LogP contribution in [0.25, 0.3) is 0 Å². The summed E-state index contributed by atoms with van der Waals surface area (Å²) in [6.45, 7) is 2.53. The number of hydrogen-bond acceptors (Lipinski definition) is 3. The van der Waals surface area contributed by atoms with E-state index in [1.807, 2.05) is 0 Å². The molecule has 1 aliphatic heterocycles. The lowest BCUT2D eigenvalue weighted by Crippen LogP contribution is -2.45. The maximum atomic E-state index is 12.3. The first-order valence-corrected chi connectivity index (χ1v) is 7.77. The van der Waals surface area contributed by atoms with Crippen LogP contribution in [0.2, 0.25) is 10.0 Å². The predicted octanol–water partition coefficient (Wildman–Crippen LogP) is 3.08. The van der Waals surface area contributed by atoms with Crippen molar-refractivity contribution in [2.24, 2.45) is 5.92 Å². The quantitative estimate of drug-likeness (QED) is 0.910. The second kappa shape index (κ2) is 7.20. The third kappa shape index (κ3) is 4.05. The average molecular weight is 346 g/mol. The third-order valence-electron chi connectivity index (χ3n) is 3.71. The van der Waals surface area contributed by atoms with Crippen molar-refractivity contribution in [3.8, 4) is 5.75 Å². The molecule has 0 saturated carbocycles. The van der Waals surface area contributed by atoms with E-state index < -0.39 is 12.1 Å². The van der Waals surface area contributed by atoms with Gasteiger partial charge in [0.25, 0.3) is 5.91 Å². The number of carboxylic acid groups (broad SMARTS) is 1. The normalized spacial score (nSPS) is 17.1. The summed E-state index contributed by atoms with van der Waals surface area (Å²) < 4.78 is 5.59. The monoisotopic (exact) mass is 345 g/mol. The topological polar surface area (TPSA) is 66.8 Å². The summed E-state index contributed by atoms with van der Waals surface area (Å²) >= 11 is 11.7. The summed E-state index contributed by atoms with van der Waals surface area (Å²) in [5, 5.41) is 9.75. The Hall–Kier alpha value is -1.46. The van der Waals surface area contributed by atoms with E-state index in [9.17, 15) is 9.59 Å². The Kier molecular flexibility index (Phi) is 5.53. The lowest BCUT2D eigenvalue weighted by Gasteiger charge is -2.32. The van der Waals surface area contributed by atoms with E-state index in [0.717, 1.165) is 0 Å². The standard InChI is InChI=1S/C15H17Cl2NO4/c1-9(22-11-2-3-12(16)13(17)8-11)14(19)18-6-4-10(5-7-18)15(20)21/h2-3,8-10H,4-7H2,1H3,(H,20,21). The first-order chi connectivity index (χ1) is 10.4. The number of amides is 1. The summed E-state index contributed by atoms with van der Waals surface area (Å²) in [5.74, 6) is -0.854. The Morgan fingerprint density at radius 3 is 2.45 bits per heavy atom. The number of carboxylic acids is 1. The van der Waals surface area contributed by atoms with Gasteiger partial charge in [0, 0.05) is 19.2 Å². The van der Waals surface area contributed by atoms with E-state index in [1.165, 1.54) is 0 Å². The van der Waals surface area contributed by atoms with Crippen molar-refractivity contribution >= 4 is 35.1 Å². The number of rotatable bonds is 4. The van der Waals surface area contributed by atoms with E-state index in [2.05, 4.69) is 0 Å². The van der Waals surface area contributed by atoms with Gasteiger partial charge in [0.1, 0.15) is 5.75 Å². The van der Waals surface area contributed by atoms with Crippen LogP contribution in [0.3, 0.4) is 0 Å². The molecule has 1 aromatic carbocycles. The van der Waals surface area contributed by atoms with Gasteiger partial charge >= 0.3 is 5.97 Å². The van der Waals surface area contributed by atoms with Gasteiger partial charge in [-0.05, 0) is 31.9 Å². The highest BCUT2D eigenvalue weighted by Crippen LogP contribution is 2.27.